The summed E-state index contributed by atoms with van der Waals surface area (Å²) in [6.45, 7) is 3.86. The number of halogens is 2. The molecule has 0 unspecified atom stereocenters. The van der Waals surface area contributed by atoms with Gasteiger partial charge in [-0.05, 0) is 25.0 Å². The molecule has 0 aliphatic heterocycles. The number of rotatable bonds is 5. The predicted octanol–water partition coefficient (Wildman–Crippen LogP) is 3.01. The van der Waals surface area contributed by atoms with E-state index in [9.17, 15) is 9.59 Å². The maximum atomic E-state index is 12.3. The van der Waals surface area contributed by atoms with Crippen molar-refractivity contribution in [2.24, 2.45) is 5.41 Å². The van der Waals surface area contributed by atoms with Gasteiger partial charge in [-0.2, -0.15) is 0 Å². The van der Waals surface area contributed by atoms with Gasteiger partial charge in [0.2, 0.25) is 11.8 Å². The van der Waals surface area contributed by atoms with Crippen molar-refractivity contribution in [3.05, 3.63) is 40.9 Å². The zero-order chi connectivity index (χ0) is 14.8. The average molecular weight is 313 g/mol. The van der Waals surface area contributed by atoms with Gasteiger partial charge in [0.25, 0.3) is 0 Å². The van der Waals surface area contributed by atoms with Crippen LogP contribution in [0.2, 0.25) is 10.0 Å². The third kappa shape index (κ3) is 2.81. The average Bonchev–Trinajstić information content (AvgIpc) is 3.23. The largest absolute Gasteiger partial charge is 0.352 e. The van der Waals surface area contributed by atoms with Crippen molar-refractivity contribution in [3.63, 3.8) is 0 Å². The topological polar surface area (TPSA) is 58.2 Å². The van der Waals surface area contributed by atoms with E-state index in [0.717, 1.165) is 0 Å². The van der Waals surface area contributed by atoms with Gasteiger partial charge in [-0.25, -0.2) is 0 Å². The highest BCUT2D eigenvalue weighted by molar-refractivity contribution is 6.44. The molecule has 20 heavy (non-hydrogen) atoms. The van der Waals surface area contributed by atoms with E-state index in [1.807, 2.05) is 0 Å². The highest BCUT2D eigenvalue weighted by Crippen LogP contribution is 2.47. The van der Waals surface area contributed by atoms with E-state index in [-0.39, 0.29) is 16.8 Å². The fourth-order valence-corrected chi connectivity index (χ4v) is 2.21. The predicted molar refractivity (Wildman–Crippen MR) is 80.0 cm³/mol. The molecule has 0 aromatic heterocycles. The Hall–Kier alpha value is -1.52. The van der Waals surface area contributed by atoms with Crippen molar-refractivity contribution in [3.8, 4) is 0 Å². The lowest BCUT2D eigenvalue weighted by molar-refractivity contribution is -0.134. The summed E-state index contributed by atoms with van der Waals surface area (Å²) >= 11 is 11.9. The van der Waals surface area contributed by atoms with Crippen LogP contribution < -0.4 is 10.6 Å². The molecule has 0 spiro atoms. The summed E-state index contributed by atoms with van der Waals surface area (Å²) in [6, 6.07) is 4.95. The lowest BCUT2D eigenvalue weighted by Crippen LogP contribution is -2.40. The molecule has 2 amide bonds. The first kappa shape index (κ1) is 14.9. The molecule has 0 saturated heterocycles. The second-order valence-electron chi connectivity index (χ2n) is 4.64. The second-order valence-corrected chi connectivity index (χ2v) is 5.42. The number of carbonyl (C=O) groups excluding carboxylic acids is 2. The summed E-state index contributed by atoms with van der Waals surface area (Å²) in [5.41, 5.74) is -0.582. The number of carbonyl (C=O) groups is 2. The van der Waals surface area contributed by atoms with Crippen LogP contribution in [-0.2, 0) is 9.59 Å². The van der Waals surface area contributed by atoms with Gasteiger partial charge < -0.3 is 10.6 Å². The molecule has 2 N–H and O–H groups in total. The van der Waals surface area contributed by atoms with Crippen LogP contribution in [0.5, 0.6) is 0 Å². The van der Waals surface area contributed by atoms with E-state index in [4.69, 9.17) is 23.2 Å². The zero-order valence-electron chi connectivity index (χ0n) is 10.7. The summed E-state index contributed by atoms with van der Waals surface area (Å²) in [4.78, 5) is 24.3. The van der Waals surface area contributed by atoms with Crippen molar-refractivity contribution in [1.82, 2.24) is 5.32 Å². The van der Waals surface area contributed by atoms with Crippen molar-refractivity contribution < 1.29 is 9.59 Å². The molecule has 0 radical (unpaired) electrons. The SMILES string of the molecule is C=CCNC(=O)C1(C(=O)Nc2cccc(Cl)c2Cl)CC1. The summed E-state index contributed by atoms with van der Waals surface area (Å²) in [7, 11) is 0. The van der Waals surface area contributed by atoms with Gasteiger partial charge in [0.05, 0.1) is 15.7 Å². The molecule has 2 rings (SSSR count). The lowest BCUT2D eigenvalue weighted by atomic mass is 10.1. The minimum atomic E-state index is -0.991. The molecule has 4 nitrogen and oxygen atoms in total. The van der Waals surface area contributed by atoms with Gasteiger partial charge in [0.1, 0.15) is 5.41 Å². The Labute approximate surface area is 127 Å². The first-order chi connectivity index (χ1) is 9.51. The molecule has 1 aromatic carbocycles. The minimum absolute atomic E-state index is 0.268. The van der Waals surface area contributed by atoms with Crippen molar-refractivity contribution >= 4 is 40.7 Å². The number of anilines is 1. The molecule has 0 atom stereocenters. The van der Waals surface area contributed by atoms with E-state index < -0.39 is 5.41 Å². The molecule has 1 aromatic rings. The van der Waals surface area contributed by atoms with E-state index in [2.05, 4.69) is 17.2 Å². The molecule has 6 heteroatoms. The molecule has 1 fully saturated rings. The monoisotopic (exact) mass is 312 g/mol. The fourth-order valence-electron chi connectivity index (χ4n) is 1.86. The van der Waals surface area contributed by atoms with Crippen LogP contribution in [0.25, 0.3) is 0 Å². The first-order valence-electron chi connectivity index (χ1n) is 6.16. The van der Waals surface area contributed by atoms with Crippen LogP contribution in [0.3, 0.4) is 0 Å². The summed E-state index contributed by atoms with van der Waals surface area (Å²) in [5.74, 6) is -0.642. The molecule has 1 aliphatic carbocycles. The molecule has 0 heterocycles. The number of benzene rings is 1. The number of amides is 2. The molecule has 106 valence electrons. The quantitative estimate of drug-likeness (QED) is 0.648. The highest BCUT2D eigenvalue weighted by Gasteiger charge is 2.56. The fraction of sp³-hybridized carbons (Fsp3) is 0.286. The normalized spacial score (nSPS) is 15.3. The Morgan fingerprint density at radius 1 is 1.30 bits per heavy atom. The minimum Gasteiger partial charge on any atom is -0.352 e. The standard InChI is InChI=1S/C14H14Cl2N2O2/c1-2-8-17-12(19)14(6-7-14)13(20)18-10-5-3-4-9(15)11(10)16/h2-5H,1,6-8H2,(H,17,19)(H,18,20). The van der Waals surface area contributed by atoms with E-state index >= 15 is 0 Å². The first-order valence-corrected chi connectivity index (χ1v) is 6.91. The van der Waals surface area contributed by atoms with Gasteiger partial charge in [0, 0.05) is 6.54 Å². The van der Waals surface area contributed by atoms with Crippen LogP contribution >= 0.6 is 23.2 Å². The number of hydrogen-bond donors (Lipinski definition) is 2. The van der Waals surface area contributed by atoms with Gasteiger partial charge in [-0.15, -0.1) is 6.58 Å². The van der Waals surface area contributed by atoms with Crippen molar-refractivity contribution in [1.29, 1.82) is 0 Å². The Balaban J connectivity index is 2.10. The Bertz CT molecular complexity index is 568. The Morgan fingerprint density at radius 2 is 2.00 bits per heavy atom. The number of hydrogen-bond acceptors (Lipinski definition) is 2. The van der Waals surface area contributed by atoms with Crippen molar-refractivity contribution in [2.45, 2.75) is 12.8 Å². The third-order valence-electron chi connectivity index (χ3n) is 3.23. The van der Waals surface area contributed by atoms with Crippen molar-refractivity contribution in [2.75, 3.05) is 11.9 Å². The van der Waals surface area contributed by atoms with Crippen LogP contribution in [0.4, 0.5) is 5.69 Å². The van der Waals surface area contributed by atoms with Crippen LogP contribution in [0.1, 0.15) is 12.8 Å². The summed E-state index contributed by atoms with van der Waals surface area (Å²) in [6.07, 6.45) is 2.62. The van der Waals surface area contributed by atoms with Crippen LogP contribution in [0.15, 0.2) is 30.9 Å². The zero-order valence-corrected chi connectivity index (χ0v) is 12.2. The third-order valence-corrected chi connectivity index (χ3v) is 4.04. The summed E-state index contributed by atoms with van der Waals surface area (Å²) < 4.78 is 0. The number of nitrogens with one attached hydrogen (secondary N) is 2. The maximum Gasteiger partial charge on any atom is 0.240 e. The second kappa shape index (κ2) is 5.85. The van der Waals surface area contributed by atoms with Gasteiger partial charge >= 0.3 is 0 Å². The van der Waals surface area contributed by atoms with Gasteiger partial charge in [0.15, 0.2) is 0 Å². The molecule has 1 aliphatic rings. The van der Waals surface area contributed by atoms with E-state index in [1.165, 1.54) is 0 Å². The Kier molecular flexibility index (Phi) is 4.35. The smallest absolute Gasteiger partial charge is 0.240 e. The van der Waals surface area contributed by atoms with E-state index in [1.54, 1.807) is 24.3 Å². The summed E-state index contributed by atoms with van der Waals surface area (Å²) in [5, 5.41) is 5.94. The molecule has 1 saturated carbocycles. The molecular weight excluding hydrogens is 299 g/mol. The van der Waals surface area contributed by atoms with Crippen LogP contribution in [0, 0.1) is 5.41 Å². The highest BCUT2D eigenvalue weighted by atomic mass is 35.5. The van der Waals surface area contributed by atoms with Gasteiger partial charge in [-0.3, -0.25) is 9.59 Å². The lowest BCUT2D eigenvalue weighted by Gasteiger charge is -2.15. The Morgan fingerprint density at radius 3 is 2.60 bits per heavy atom. The molecular formula is C14H14Cl2N2O2. The van der Waals surface area contributed by atoms with Crippen LogP contribution in [-0.4, -0.2) is 18.4 Å². The maximum absolute atomic E-state index is 12.3. The van der Waals surface area contributed by atoms with Gasteiger partial charge in [-0.1, -0.05) is 35.3 Å². The molecule has 0 bridgehead atoms. The van der Waals surface area contributed by atoms with E-state index in [0.29, 0.717) is 30.1 Å².